The van der Waals surface area contributed by atoms with Gasteiger partial charge in [0.25, 0.3) is 0 Å². The minimum Gasteiger partial charge on any atom is -0.484 e. The van der Waals surface area contributed by atoms with Crippen LogP contribution in [-0.2, 0) is 9.53 Å². The van der Waals surface area contributed by atoms with Gasteiger partial charge in [0, 0.05) is 37.3 Å². The highest BCUT2D eigenvalue weighted by atomic mass is 35.5. The summed E-state index contributed by atoms with van der Waals surface area (Å²) in [6.45, 7) is 2.31. The molecule has 2 aromatic heterocycles. The number of aromatic nitrogens is 2. The number of pyridine rings is 2. The Labute approximate surface area is 196 Å². The number of hydrogen-bond acceptors (Lipinski definition) is 7. The van der Waals surface area contributed by atoms with Gasteiger partial charge in [0.2, 0.25) is 11.8 Å². The van der Waals surface area contributed by atoms with E-state index >= 15 is 0 Å². The summed E-state index contributed by atoms with van der Waals surface area (Å²) in [6, 6.07) is 11.2. The second-order valence-electron chi connectivity index (χ2n) is 8.26. The predicted molar refractivity (Wildman–Crippen MR) is 123 cm³/mol. The van der Waals surface area contributed by atoms with E-state index < -0.39 is 0 Å². The first-order valence-electron chi connectivity index (χ1n) is 11.0. The number of halogens is 1. The van der Waals surface area contributed by atoms with Crippen molar-refractivity contribution in [2.75, 3.05) is 26.4 Å². The van der Waals surface area contributed by atoms with Gasteiger partial charge < -0.3 is 23.8 Å². The molecule has 0 saturated carbocycles. The molecule has 172 valence electrons. The number of hydrogen-bond donors (Lipinski definition) is 1. The maximum atomic E-state index is 11.5. The van der Waals surface area contributed by atoms with Gasteiger partial charge >= 0.3 is 0 Å². The molecule has 9 heteroatoms. The minimum atomic E-state index is -0.0323. The molecule has 3 aromatic rings. The van der Waals surface area contributed by atoms with Gasteiger partial charge in [-0.2, -0.15) is 0 Å². The summed E-state index contributed by atoms with van der Waals surface area (Å²) in [7, 11) is 0. The lowest BCUT2D eigenvalue weighted by molar-refractivity contribution is -0.119. The molecular formula is C24H24ClN3O5. The Bertz CT molecular complexity index is 1150. The van der Waals surface area contributed by atoms with E-state index in [1.54, 1.807) is 12.3 Å². The largest absolute Gasteiger partial charge is 0.484 e. The van der Waals surface area contributed by atoms with Gasteiger partial charge in [0.15, 0.2) is 11.5 Å². The zero-order valence-electron chi connectivity index (χ0n) is 18.0. The Morgan fingerprint density at radius 3 is 2.94 bits per heavy atom. The Kier molecular flexibility index (Phi) is 6.46. The van der Waals surface area contributed by atoms with E-state index in [1.165, 1.54) is 0 Å². The number of carbonyl (C=O) groups is 1. The summed E-state index contributed by atoms with van der Waals surface area (Å²) in [5, 5.41) is 3.64. The van der Waals surface area contributed by atoms with Crippen molar-refractivity contribution < 1.29 is 23.3 Å². The Morgan fingerprint density at radius 1 is 1.21 bits per heavy atom. The maximum absolute atomic E-state index is 11.5. The summed E-state index contributed by atoms with van der Waals surface area (Å²) in [4.78, 5) is 20.7. The average Bonchev–Trinajstić information content (AvgIpc) is 3.28. The Hall–Kier alpha value is -3.10. The number of amides is 1. The fourth-order valence-corrected chi connectivity index (χ4v) is 4.21. The maximum Gasteiger partial charge on any atom is 0.223 e. The van der Waals surface area contributed by atoms with Crippen molar-refractivity contribution in [3.63, 3.8) is 0 Å². The van der Waals surface area contributed by atoms with Crippen LogP contribution >= 0.6 is 11.9 Å². The van der Waals surface area contributed by atoms with Gasteiger partial charge in [0.05, 0.1) is 29.8 Å². The molecule has 0 bridgehead atoms. The number of fused-ring (bicyclic) bond motifs is 1. The monoisotopic (exact) mass is 469 g/mol. The normalized spacial score (nSPS) is 20.5. The minimum absolute atomic E-state index is 0.0323. The fourth-order valence-electron chi connectivity index (χ4n) is 4.09. The van der Waals surface area contributed by atoms with Crippen molar-refractivity contribution in [1.82, 2.24) is 15.3 Å². The highest BCUT2D eigenvalue weighted by molar-refractivity contribution is 6.09. The quantitative estimate of drug-likeness (QED) is 0.561. The van der Waals surface area contributed by atoms with Crippen LogP contribution in [0.3, 0.4) is 0 Å². The molecule has 0 unspecified atom stereocenters. The van der Waals surface area contributed by atoms with Gasteiger partial charge in [-0.1, -0.05) is 0 Å². The fraction of sp³-hybridized carbons (Fsp3) is 0.375. The van der Waals surface area contributed by atoms with E-state index in [0.717, 1.165) is 35.9 Å². The zero-order valence-corrected chi connectivity index (χ0v) is 18.7. The third-order valence-electron chi connectivity index (χ3n) is 5.82. The number of rotatable bonds is 7. The highest BCUT2D eigenvalue weighted by Gasteiger charge is 2.23. The zero-order chi connectivity index (χ0) is 22.6. The first-order valence-corrected chi connectivity index (χ1v) is 11.3. The Morgan fingerprint density at radius 2 is 2.15 bits per heavy atom. The van der Waals surface area contributed by atoms with E-state index in [9.17, 15) is 4.79 Å². The molecule has 2 aliphatic heterocycles. The molecule has 1 aromatic carbocycles. The first-order chi connectivity index (χ1) is 16.2. The van der Waals surface area contributed by atoms with Crippen molar-refractivity contribution in [3.05, 3.63) is 42.6 Å². The SMILES string of the molecule is O=C1C[C@@H](COc2nc(-c3ccc(O[C@@H]4CCCOC4)c(OCl)c3)cc3ncccc23)CN1. The smallest absolute Gasteiger partial charge is 0.223 e. The molecule has 1 amide bonds. The van der Waals surface area contributed by atoms with E-state index in [4.69, 9.17) is 35.3 Å². The lowest BCUT2D eigenvalue weighted by atomic mass is 10.1. The van der Waals surface area contributed by atoms with E-state index in [1.807, 2.05) is 30.3 Å². The summed E-state index contributed by atoms with van der Waals surface area (Å²) >= 11 is 5.77. The van der Waals surface area contributed by atoms with Crippen LogP contribution in [0.4, 0.5) is 0 Å². The van der Waals surface area contributed by atoms with Crippen LogP contribution in [0, 0.1) is 5.92 Å². The van der Waals surface area contributed by atoms with Gasteiger partial charge in [-0.3, -0.25) is 9.78 Å². The van der Waals surface area contributed by atoms with Crippen LogP contribution in [0.25, 0.3) is 22.2 Å². The molecule has 1 N–H and O–H groups in total. The molecule has 4 heterocycles. The molecular weight excluding hydrogens is 446 g/mol. The highest BCUT2D eigenvalue weighted by Crippen LogP contribution is 2.36. The van der Waals surface area contributed by atoms with Gasteiger partial charge in [-0.25, -0.2) is 4.98 Å². The molecule has 2 atom stereocenters. The third kappa shape index (κ3) is 4.96. The van der Waals surface area contributed by atoms with Crippen molar-refractivity contribution in [1.29, 1.82) is 0 Å². The van der Waals surface area contributed by atoms with Crippen LogP contribution in [-0.4, -0.2) is 48.3 Å². The van der Waals surface area contributed by atoms with Crippen LogP contribution in [0.5, 0.6) is 17.4 Å². The molecule has 5 rings (SSSR count). The predicted octanol–water partition coefficient (Wildman–Crippen LogP) is 3.90. The molecule has 0 radical (unpaired) electrons. The molecule has 2 fully saturated rings. The van der Waals surface area contributed by atoms with E-state index in [-0.39, 0.29) is 17.9 Å². The van der Waals surface area contributed by atoms with Gasteiger partial charge in [-0.05, 0) is 49.2 Å². The number of carbonyl (C=O) groups excluding carboxylic acids is 1. The van der Waals surface area contributed by atoms with Crippen LogP contribution in [0.15, 0.2) is 42.6 Å². The van der Waals surface area contributed by atoms with Crippen LogP contribution in [0.1, 0.15) is 19.3 Å². The van der Waals surface area contributed by atoms with Crippen molar-refractivity contribution in [2.24, 2.45) is 5.92 Å². The van der Waals surface area contributed by atoms with Gasteiger partial charge in [0.1, 0.15) is 18.0 Å². The molecule has 8 nitrogen and oxygen atoms in total. The second-order valence-corrected chi connectivity index (χ2v) is 8.42. The van der Waals surface area contributed by atoms with Crippen molar-refractivity contribution in [2.45, 2.75) is 25.4 Å². The third-order valence-corrected chi connectivity index (χ3v) is 5.98. The topological polar surface area (TPSA) is 91.8 Å². The molecule has 0 aliphatic carbocycles. The molecule has 2 aliphatic rings. The number of ether oxygens (including phenoxy) is 3. The summed E-state index contributed by atoms with van der Waals surface area (Å²) in [5.41, 5.74) is 2.21. The van der Waals surface area contributed by atoms with E-state index in [0.29, 0.717) is 49.3 Å². The van der Waals surface area contributed by atoms with Crippen molar-refractivity contribution in [3.8, 4) is 28.6 Å². The average molecular weight is 470 g/mol. The second kappa shape index (κ2) is 9.80. The molecule has 33 heavy (non-hydrogen) atoms. The summed E-state index contributed by atoms with van der Waals surface area (Å²) < 4.78 is 22.7. The summed E-state index contributed by atoms with van der Waals surface area (Å²) in [5.74, 6) is 1.60. The Balaban J connectivity index is 1.43. The molecule has 0 spiro atoms. The van der Waals surface area contributed by atoms with Crippen molar-refractivity contribution >= 4 is 28.7 Å². The lowest BCUT2D eigenvalue weighted by Crippen LogP contribution is -2.28. The number of nitrogens with zero attached hydrogens (tertiary/aromatic N) is 2. The number of benzene rings is 1. The first kappa shape index (κ1) is 21.7. The van der Waals surface area contributed by atoms with Crippen LogP contribution in [0.2, 0.25) is 0 Å². The lowest BCUT2D eigenvalue weighted by Gasteiger charge is -2.24. The van der Waals surface area contributed by atoms with Gasteiger partial charge in [-0.15, -0.1) is 0 Å². The standard InChI is InChI=1S/C24H24ClN3O5/c25-33-22-10-16(5-6-21(22)32-17-3-2-8-30-14-17)19-11-20-18(4-1-7-26-20)24(28-19)31-13-15-9-23(29)27-12-15/h1,4-7,10-11,15,17H,2-3,8-9,12-14H2,(H,27,29)/t15-,17-/m1/s1. The number of nitrogens with one attached hydrogen (secondary N) is 1. The van der Waals surface area contributed by atoms with E-state index in [2.05, 4.69) is 10.3 Å². The summed E-state index contributed by atoms with van der Waals surface area (Å²) in [6.07, 6.45) is 4.03. The molecule has 2 saturated heterocycles. The van der Waals surface area contributed by atoms with Crippen LogP contribution < -0.4 is 19.1 Å².